The summed E-state index contributed by atoms with van der Waals surface area (Å²) in [5, 5.41) is 10.8. The molecule has 1 saturated heterocycles. The molecule has 0 saturated carbocycles. The molecule has 0 aliphatic carbocycles. The van der Waals surface area contributed by atoms with Crippen molar-refractivity contribution in [2.24, 2.45) is 5.92 Å². The summed E-state index contributed by atoms with van der Waals surface area (Å²) in [6.45, 7) is 6.62. The number of nitrogens with zero attached hydrogens (tertiary/aromatic N) is 4. The van der Waals surface area contributed by atoms with Gasteiger partial charge < -0.3 is 10.2 Å². The Morgan fingerprint density at radius 1 is 1.62 bits per heavy atom. The van der Waals surface area contributed by atoms with Gasteiger partial charge in [-0.2, -0.15) is 10.1 Å². The van der Waals surface area contributed by atoms with Crippen molar-refractivity contribution < 1.29 is 0 Å². The van der Waals surface area contributed by atoms with Crippen LogP contribution in [0.4, 0.5) is 5.82 Å². The first-order chi connectivity index (χ1) is 7.78. The van der Waals surface area contributed by atoms with Crippen LogP contribution in [0.1, 0.15) is 13.3 Å². The Hall–Kier alpha value is -0.940. The van der Waals surface area contributed by atoms with Gasteiger partial charge in [-0.15, -0.1) is 5.10 Å². The summed E-state index contributed by atoms with van der Waals surface area (Å²) in [6, 6.07) is 0. The van der Waals surface area contributed by atoms with Gasteiger partial charge in [0.2, 0.25) is 5.28 Å². The van der Waals surface area contributed by atoms with E-state index >= 15 is 0 Å². The fourth-order valence-electron chi connectivity index (χ4n) is 1.98. The van der Waals surface area contributed by atoms with Crippen molar-refractivity contribution >= 4 is 17.4 Å². The van der Waals surface area contributed by atoms with Gasteiger partial charge in [0, 0.05) is 13.1 Å². The Morgan fingerprint density at radius 2 is 2.50 bits per heavy atom. The molecule has 0 bridgehead atoms. The zero-order chi connectivity index (χ0) is 11.4. The van der Waals surface area contributed by atoms with Crippen molar-refractivity contribution in [3.63, 3.8) is 0 Å². The van der Waals surface area contributed by atoms with Gasteiger partial charge in [0.15, 0.2) is 0 Å². The van der Waals surface area contributed by atoms with E-state index in [2.05, 4.69) is 32.3 Å². The molecule has 6 heteroatoms. The Kier molecular flexibility index (Phi) is 3.90. The summed E-state index contributed by atoms with van der Waals surface area (Å²) in [6.07, 6.45) is 2.84. The maximum Gasteiger partial charge on any atom is 0.244 e. The fraction of sp³-hybridized carbons (Fsp3) is 0.700. The normalized spacial score (nSPS) is 21.2. The second-order valence-corrected chi connectivity index (χ2v) is 4.38. The minimum atomic E-state index is 0.187. The first kappa shape index (κ1) is 11.5. The predicted octanol–water partition coefficient (Wildman–Crippen LogP) is 1.28. The molecule has 2 heterocycles. The molecule has 1 aliphatic rings. The van der Waals surface area contributed by atoms with Crippen LogP contribution in [0.3, 0.4) is 0 Å². The van der Waals surface area contributed by atoms with Crippen molar-refractivity contribution in [1.29, 1.82) is 0 Å². The van der Waals surface area contributed by atoms with Gasteiger partial charge in [0.05, 0.1) is 6.20 Å². The molecular weight excluding hydrogens is 226 g/mol. The van der Waals surface area contributed by atoms with E-state index in [9.17, 15) is 0 Å². The molecule has 1 unspecified atom stereocenters. The van der Waals surface area contributed by atoms with Crippen LogP contribution in [0, 0.1) is 5.92 Å². The average molecular weight is 242 g/mol. The molecule has 1 aromatic rings. The van der Waals surface area contributed by atoms with E-state index in [0.29, 0.717) is 11.7 Å². The molecule has 1 fully saturated rings. The number of hydrogen-bond donors (Lipinski definition) is 1. The third-order valence-corrected chi connectivity index (χ3v) is 3.08. The highest BCUT2D eigenvalue weighted by Gasteiger charge is 2.20. The van der Waals surface area contributed by atoms with Gasteiger partial charge in [0.1, 0.15) is 5.82 Å². The predicted molar refractivity (Wildman–Crippen MR) is 63.5 cm³/mol. The summed E-state index contributed by atoms with van der Waals surface area (Å²) < 4.78 is 0. The monoisotopic (exact) mass is 241 g/mol. The van der Waals surface area contributed by atoms with Crippen LogP contribution < -0.4 is 5.32 Å². The average Bonchev–Trinajstić information content (AvgIpc) is 2.74. The van der Waals surface area contributed by atoms with Gasteiger partial charge in [-0.3, -0.25) is 0 Å². The van der Waals surface area contributed by atoms with Crippen molar-refractivity contribution in [1.82, 2.24) is 20.1 Å². The number of rotatable bonds is 4. The van der Waals surface area contributed by atoms with E-state index < -0.39 is 0 Å². The lowest BCUT2D eigenvalue weighted by atomic mass is 10.1. The molecule has 88 valence electrons. The van der Waals surface area contributed by atoms with Crippen LogP contribution in [-0.2, 0) is 0 Å². The Morgan fingerprint density at radius 3 is 3.19 bits per heavy atom. The molecule has 2 rings (SSSR count). The Balaban J connectivity index is 1.80. The third-order valence-electron chi connectivity index (χ3n) is 2.92. The van der Waals surface area contributed by atoms with Crippen molar-refractivity contribution in [3.05, 3.63) is 11.5 Å². The van der Waals surface area contributed by atoms with Crippen molar-refractivity contribution in [2.75, 3.05) is 31.5 Å². The first-order valence-electron chi connectivity index (χ1n) is 5.59. The molecular formula is C10H16ClN5. The summed E-state index contributed by atoms with van der Waals surface area (Å²) in [4.78, 5) is 6.50. The zero-order valence-corrected chi connectivity index (χ0v) is 10.1. The summed E-state index contributed by atoms with van der Waals surface area (Å²) in [5.41, 5.74) is 0. The van der Waals surface area contributed by atoms with Gasteiger partial charge in [0.25, 0.3) is 0 Å². The highest BCUT2D eigenvalue weighted by molar-refractivity contribution is 6.28. The topological polar surface area (TPSA) is 53.9 Å². The Labute approximate surface area is 100 Å². The lowest BCUT2D eigenvalue weighted by molar-refractivity contribution is 0.345. The number of hydrogen-bond acceptors (Lipinski definition) is 5. The maximum atomic E-state index is 5.65. The van der Waals surface area contributed by atoms with Gasteiger partial charge in [-0.1, -0.05) is 6.92 Å². The molecule has 1 N–H and O–H groups in total. The fourth-order valence-corrected chi connectivity index (χ4v) is 2.12. The SMILES string of the molecule is CCN1CCC(CNc2cnnc(Cl)n2)C1. The summed E-state index contributed by atoms with van der Waals surface area (Å²) >= 11 is 5.65. The maximum absolute atomic E-state index is 5.65. The van der Waals surface area contributed by atoms with E-state index in [1.807, 2.05) is 0 Å². The third kappa shape index (κ3) is 3.02. The molecule has 1 atom stereocenters. The van der Waals surface area contributed by atoms with Gasteiger partial charge in [-0.05, 0) is 37.0 Å². The number of aromatic nitrogens is 3. The lowest BCUT2D eigenvalue weighted by Crippen LogP contribution is -2.22. The highest BCUT2D eigenvalue weighted by atomic mass is 35.5. The van der Waals surface area contributed by atoms with Crippen LogP contribution in [-0.4, -0.2) is 46.3 Å². The van der Waals surface area contributed by atoms with Crippen LogP contribution in [0.2, 0.25) is 5.28 Å². The van der Waals surface area contributed by atoms with E-state index in [1.54, 1.807) is 6.20 Å². The second kappa shape index (κ2) is 5.41. The van der Waals surface area contributed by atoms with Crippen molar-refractivity contribution in [2.45, 2.75) is 13.3 Å². The number of anilines is 1. The van der Waals surface area contributed by atoms with Crippen LogP contribution in [0.15, 0.2) is 6.20 Å². The summed E-state index contributed by atoms with van der Waals surface area (Å²) in [5.74, 6) is 1.39. The molecule has 1 aliphatic heterocycles. The molecule has 0 aromatic carbocycles. The van der Waals surface area contributed by atoms with E-state index in [1.165, 1.54) is 13.0 Å². The minimum absolute atomic E-state index is 0.187. The molecule has 0 amide bonds. The minimum Gasteiger partial charge on any atom is -0.368 e. The zero-order valence-electron chi connectivity index (χ0n) is 9.36. The molecule has 1 aromatic heterocycles. The van der Waals surface area contributed by atoms with E-state index in [0.717, 1.165) is 19.6 Å². The van der Waals surface area contributed by atoms with E-state index in [-0.39, 0.29) is 5.28 Å². The number of nitrogens with one attached hydrogen (secondary N) is 1. The van der Waals surface area contributed by atoms with Crippen LogP contribution in [0.5, 0.6) is 0 Å². The highest BCUT2D eigenvalue weighted by Crippen LogP contribution is 2.16. The molecule has 0 spiro atoms. The lowest BCUT2D eigenvalue weighted by Gasteiger charge is -2.13. The van der Waals surface area contributed by atoms with Crippen LogP contribution >= 0.6 is 11.6 Å². The summed E-state index contributed by atoms with van der Waals surface area (Å²) in [7, 11) is 0. The second-order valence-electron chi connectivity index (χ2n) is 4.04. The van der Waals surface area contributed by atoms with Crippen molar-refractivity contribution in [3.8, 4) is 0 Å². The number of likely N-dealkylation sites (tertiary alicyclic amines) is 1. The first-order valence-corrected chi connectivity index (χ1v) is 5.97. The molecule has 16 heavy (non-hydrogen) atoms. The largest absolute Gasteiger partial charge is 0.368 e. The number of halogens is 1. The smallest absolute Gasteiger partial charge is 0.244 e. The molecule has 0 radical (unpaired) electrons. The van der Waals surface area contributed by atoms with E-state index in [4.69, 9.17) is 11.6 Å². The standard InChI is InChI=1S/C10H16ClN5/c1-2-16-4-3-8(7-16)5-12-9-6-13-15-10(11)14-9/h6,8H,2-5,7H2,1H3,(H,12,14,15). The van der Waals surface area contributed by atoms with Crippen LogP contribution in [0.25, 0.3) is 0 Å². The quantitative estimate of drug-likeness (QED) is 0.861. The van der Waals surface area contributed by atoms with Gasteiger partial charge >= 0.3 is 0 Å². The van der Waals surface area contributed by atoms with Gasteiger partial charge in [-0.25, -0.2) is 0 Å². The Bertz CT molecular complexity index is 346. The molecule has 5 nitrogen and oxygen atoms in total.